The Bertz CT molecular complexity index is 995. The molecule has 0 atom stereocenters. The fourth-order valence-corrected chi connectivity index (χ4v) is 10.5. The second kappa shape index (κ2) is 8.24. The molecular weight excluding hydrogens is 399 g/mol. The minimum absolute atomic E-state index is 0.715. The number of carbonyl (C=O) groups is 1. The first-order chi connectivity index (χ1) is 14.4. The summed E-state index contributed by atoms with van der Waals surface area (Å²) in [5.74, 6) is 0. The fraction of sp³-hybridized carbons (Fsp3) is 0.321. The van der Waals surface area contributed by atoms with Crippen molar-refractivity contribution < 1.29 is 9.90 Å². The summed E-state index contributed by atoms with van der Waals surface area (Å²) in [5, 5.41) is 14.2. The molecule has 0 aliphatic rings. The molecule has 31 heavy (non-hydrogen) atoms. The van der Waals surface area contributed by atoms with Crippen LogP contribution in [0.2, 0.25) is 0 Å². The van der Waals surface area contributed by atoms with Crippen molar-refractivity contribution in [2.75, 3.05) is 0 Å². The zero-order chi connectivity index (χ0) is 23.2. The molecule has 0 saturated carbocycles. The SMILES string of the molecule is Cc1cc(C)c([P+](C(=O)O)(c2c(C)cc(C)cc2C)c2c(C)cc(C)cc2C)c(C)c1. The predicted octanol–water partition coefficient (Wildman–Crippen LogP) is 6.43. The summed E-state index contributed by atoms with van der Waals surface area (Å²) >= 11 is 0. The number of carboxylic acid groups (broad SMARTS) is 1. The van der Waals surface area contributed by atoms with Crippen molar-refractivity contribution in [3.05, 3.63) is 86.5 Å². The highest BCUT2D eigenvalue weighted by Crippen LogP contribution is 2.60. The fourth-order valence-electron chi connectivity index (χ4n) is 5.73. The van der Waals surface area contributed by atoms with Crippen LogP contribution in [0.3, 0.4) is 0 Å². The molecular formula is C28H34O2P+. The lowest BCUT2D eigenvalue weighted by Gasteiger charge is -2.30. The van der Waals surface area contributed by atoms with Crippen LogP contribution in [-0.2, 0) is 0 Å². The molecule has 0 amide bonds. The summed E-state index contributed by atoms with van der Waals surface area (Å²) in [4.78, 5) is 13.6. The molecule has 0 unspecified atom stereocenters. The van der Waals surface area contributed by atoms with Gasteiger partial charge in [0.1, 0.15) is 15.9 Å². The maximum absolute atomic E-state index is 13.6. The smallest absolute Gasteiger partial charge is 0.451 e. The van der Waals surface area contributed by atoms with Gasteiger partial charge in [-0.15, -0.1) is 0 Å². The highest BCUT2D eigenvalue weighted by Gasteiger charge is 2.59. The van der Waals surface area contributed by atoms with E-state index in [1.807, 2.05) is 0 Å². The van der Waals surface area contributed by atoms with E-state index in [2.05, 4.69) is 98.7 Å². The van der Waals surface area contributed by atoms with E-state index in [0.717, 1.165) is 66.0 Å². The minimum atomic E-state index is -2.99. The number of rotatable bonds is 4. The van der Waals surface area contributed by atoms with Crippen LogP contribution in [-0.4, -0.2) is 10.8 Å². The largest absolute Gasteiger partial charge is 0.464 e. The van der Waals surface area contributed by atoms with Crippen LogP contribution < -0.4 is 15.9 Å². The van der Waals surface area contributed by atoms with Crippen molar-refractivity contribution in [1.82, 2.24) is 0 Å². The Morgan fingerprint density at radius 2 is 0.710 bits per heavy atom. The van der Waals surface area contributed by atoms with Gasteiger partial charge < -0.3 is 5.11 Å². The van der Waals surface area contributed by atoms with Crippen LogP contribution >= 0.6 is 7.26 Å². The van der Waals surface area contributed by atoms with Gasteiger partial charge in [0.25, 0.3) is 0 Å². The minimum Gasteiger partial charge on any atom is -0.451 e. The lowest BCUT2D eigenvalue weighted by molar-refractivity contribution is 0.221. The van der Waals surface area contributed by atoms with E-state index in [1.54, 1.807) is 0 Å². The summed E-state index contributed by atoms with van der Waals surface area (Å²) in [7, 11) is -2.99. The molecule has 162 valence electrons. The average molecular weight is 434 g/mol. The van der Waals surface area contributed by atoms with Gasteiger partial charge in [-0.2, -0.15) is 0 Å². The third-order valence-electron chi connectivity index (χ3n) is 6.20. The molecule has 3 aromatic rings. The van der Waals surface area contributed by atoms with Gasteiger partial charge in [-0.3, -0.25) is 0 Å². The molecule has 0 aromatic heterocycles. The Hall–Kier alpha value is -2.44. The average Bonchev–Trinajstić information content (AvgIpc) is 2.58. The van der Waals surface area contributed by atoms with Gasteiger partial charge in [0.2, 0.25) is 7.26 Å². The van der Waals surface area contributed by atoms with Gasteiger partial charge in [-0.05, 0) is 95.7 Å². The Balaban J connectivity index is 2.69. The molecule has 0 saturated heterocycles. The molecule has 2 nitrogen and oxygen atoms in total. The second-order valence-corrected chi connectivity index (χ2v) is 12.3. The van der Waals surface area contributed by atoms with Crippen molar-refractivity contribution in [3.63, 3.8) is 0 Å². The number of aryl methyl sites for hydroxylation is 9. The van der Waals surface area contributed by atoms with Crippen molar-refractivity contribution >= 4 is 28.9 Å². The van der Waals surface area contributed by atoms with Crippen molar-refractivity contribution in [3.8, 4) is 0 Å². The summed E-state index contributed by atoms with van der Waals surface area (Å²) in [6.07, 6.45) is 0. The van der Waals surface area contributed by atoms with Gasteiger partial charge in [0.15, 0.2) is 0 Å². The molecule has 3 heteroatoms. The topological polar surface area (TPSA) is 37.3 Å². The summed E-state index contributed by atoms with van der Waals surface area (Å²) in [6.45, 7) is 18.7. The first kappa shape index (κ1) is 23.2. The zero-order valence-corrected chi connectivity index (χ0v) is 21.2. The van der Waals surface area contributed by atoms with Crippen LogP contribution in [0.15, 0.2) is 36.4 Å². The van der Waals surface area contributed by atoms with E-state index in [4.69, 9.17) is 0 Å². The first-order valence-electron chi connectivity index (χ1n) is 10.8. The van der Waals surface area contributed by atoms with E-state index in [0.29, 0.717) is 0 Å². The molecule has 0 aliphatic heterocycles. The summed E-state index contributed by atoms with van der Waals surface area (Å²) < 4.78 is 0. The molecule has 0 spiro atoms. The summed E-state index contributed by atoms with van der Waals surface area (Å²) in [6, 6.07) is 12.8. The third kappa shape index (κ3) is 3.72. The Labute approximate surface area is 187 Å². The molecule has 0 bridgehead atoms. The normalized spacial score (nSPS) is 11.6. The van der Waals surface area contributed by atoms with E-state index in [9.17, 15) is 9.90 Å². The zero-order valence-electron chi connectivity index (χ0n) is 20.3. The van der Waals surface area contributed by atoms with Crippen molar-refractivity contribution in [2.45, 2.75) is 62.3 Å². The van der Waals surface area contributed by atoms with Crippen LogP contribution in [0.25, 0.3) is 0 Å². The monoisotopic (exact) mass is 433 g/mol. The maximum atomic E-state index is 13.6. The van der Waals surface area contributed by atoms with Crippen LogP contribution in [0, 0.1) is 62.3 Å². The maximum Gasteiger partial charge on any atom is 0.464 e. The van der Waals surface area contributed by atoms with Crippen molar-refractivity contribution in [1.29, 1.82) is 0 Å². The lowest BCUT2D eigenvalue weighted by atomic mass is 10.1. The van der Waals surface area contributed by atoms with E-state index >= 15 is 0 Å². The van der Waals surface area contributed by atoms with Gasteiger partial charge >= 0.3 is 5.71 Å². The van der Waals surface area contributed by atoms with Crippen LogP contribution in [0.1, 0.15) is 50.1 Å². The quantitative estimate of drug-likeness (QED) is 0.481. The van der Waals surface area contributed by atoms with Gasteiger partial charge in [-0.25, -0.2) is 4.79 Å². The number of hydrogen-bond acceptors (Lipinski definition) is 1. The first-order valence-corrected chi connectivity index (χ1v) is 12.6. The Morgan fingerprint density at radius 1 is 0.516 bits per heavy atom. The van der Waals surface area contributed by atoms with E-state index < -0.39 is 13.0 Å². The van der Waals surface area contributed by atoms with Crippen LogP contribution in [0.4, 0.5) is 4.79 Å². The van der Waals surface area contributed by atoms with Gasteiger partial charge in [0.05, 0.1) is 0 Å². The highest BCUT2D eigenvalue weighted by atomic mass is 31.2. The predicted molar refractivity (Wildman–Crippen MR) is 136 cm³/mol. The molecule has 0 fully saturated rings. The van der Waals surface area contributed by atoms with Gasteiger partial charge in [-0.1, -0.05) is 53.1 Å². The number of benzene rings is 3. The van der Waals surface area contributed by atoms with Crippen molar-refractivity contribution in [2.24, 2.45) is 0 Å². The Kier molecular flexibility index (Phi) is 6.18. The molecule has 0 aliphatic carbocycles. The van der Waals surface area contributed by atoms with Gasteiger partial charge in [0, 0.05) is 0 Å². The van der Waals surface area contributed by atoms with E-state index in [1.165, 1.54) is 0 Å². The lowest BCUT2D eigenvalue weighted by Crippen LogP contribution is -2.42. The molecule has 3 aromatic carbocycles. The molecule has 3 rings (SSSR count). The van der Waals surface area contributed by atoms with Crippen LogP contribution in [0.5, 0.6) is 0 Å². The second-order valence-electron chi connectivity index (χ2n) is 9.20. The molecule has 1 N–H and O–H groups in total. The Morgan fingerprint density at radius 3 is 0.871 bits per heavy atom. The van der Waals surface area contributed by atoms with E-state index in [-0.39, 0.29) is 0 Å². The molecule has 0 radical (unpaired) electrons. The summed E-state index contributed by atoms with van der Waals surface area (Å²) in [5.41, 5.74) is 9.15. The number of hydrogen-bond donors (Lipinski definition) is 1. The highest BCUT2D eigenvalue weighted by molar-refractivity contribution is 8.08. The third-order valence-corrected chi connectivity index (χ3v) is 10.9. The molecule has 0 heterocycles. The standard InChI is InChI=1S/C28H33O2P/c1-16-10-19(4)25(20(5)11-16)31(28(29)30,26-21(6)12-17(2)13-22(26)7)27-23(8)14-18(3)15-24(27)9/h10-15H,1-9H3/p+1.